The molecule has 1 heterocycles. The zero-order chi connectivity index (χ0) is 12.3. The number of amides is 1. The van der Waals surface area contributed by atoms with Crippen LogP contribution in [0.15, 0.2) is 28.7 Å². The van der Waals surface area contributed by atoms with E-state index in [1.807, 2.05) is 29.2 Å². The molecule has 1 amide bonds. The molecular formula is C13H16BrNO2. The number of likely N-dealkylation sites (tertiary alicyclic amines) is 1. The third-order valence-corrected chi connectivity index (χ3v) is 3.54. The predicted octanol–water partition coefficient (Wildman–Crippen LogP) is 2.56. The van der Waals surface area contributed by atoms with E-state index in [9.17, 15) is 4.79 Å². The molecule has 1 aromatic rings. The lowest BCUT2D eigenvalue weighted by Gasteiger charge is -2.16. The summed E-state index contributed by atoms with van der Waals surface area (Å²) < 4.78 is 6.07. The summed E-state index contributed by atoms with van der Waals surface area (Å²) in [5.41, 5.74) is 0.748. The Morgan fingerprint density at radius 3 is 3.12 bits per heavy atom. The molecule has 0 bridgehead atoms. The standard InChI is InChI=1S/C13H16BrNO2/c1-17-9-10-5-6-15(8-10)13(16)11-3-2-4-12(14)7-11/h2-4,7,10H,5-6,8-9H2,1H3. The Balaban J connectivity index is 2.02. The van der Waals surface area contributed by atoms with Gasteiger partial charge in [-0.2, -0.15) is 0 Å². The second-order valence-corrected chi connectivity index (χ2v) is 5.29. The normalized spacial score (nSPS) is 19.6. The lowest BCUT2D eigenvalue weighted by atomic mass is 10.1. The van der Waals surface area contributed by atoms with Gasteiger partial charge in [-0.05, 0) is 24.6 Å². The maximum Gasteiger partial charge on any atom is 0.253 e. The molecular weight excluding hydrogens is 282 g/mol. The zero-order valence-electron chi connectivity index (χ0n) is 9.86. The summed E-state index contributed by atoms with van der Waals surface area (Å²) >= 11 is 3.39. The Morgan fingerprint density at radius 1 is 1.59 bits per heavy atom. The molecule has 1 atom stereocenters. The molecule has 1 saturated heterocycles. The summed E-state index contributed by atoms with van der Waals surface area (Å²) in [6, 6.07) is 7.54. The highest BCUT2D eigenvalue weighted by Gasteiger charge is 2.26. The van der Waals surface area contributed by atoms with Crippen molar-refractivity contribution in [3.05, 3.63) is 34.3 Å². The van der Waals surface area contributed by atoms with Crippen molar-refractivity contribution in [3.63, 3.8) is 0 Å². The molecule has 1 aromatic carbocycles. The van der Waals surface area contributed by atoms with E-state index in [-0.39, 0.29) is 5.91 Å². The molecule has 0 saturated carbocycles. The molecule has 0 N–H and O–H groups in total. The molecule has 0 aromatic heterocycles. The summed E-state index contributed by atoms with van der Waals surface area (Å²) in [4.78, 5) is 14.1. The number of hydrogen-bond acceptors (Lipinski definition) is 2. The monoisotopic (exact) mass is 297 g/mol. The zero-order valence-corrected chi connectivity index (χ0v) is 11.4. The van der Waals surface area contributed by atoms with Crippen molar-refractivity contribution in [2.24, 2.45) is 5.92 Å². The first-order valence-corrected chi connectivity index (χ1v) is 6.54. The molecule has 17 heavy (non-hydrogen) atoms. The summed E-state index contributed by atoms with van der Waals surface area (Å²) in [5.74, 6) is 0.598. The van der Waals surface area contributed by atoms with Crippen LogP contribution in [0.4, 0.5) is 0 Å². The minimum Gasteiger partial charge on any atom is -0.384 e. The van der Waals surface area contributed by atoms with E-state index < -0.39 is 0 Å². The molecule has 0 aliphatic carbocycles. The van der Waals surface area contributed by atoms with Crippen LogP contribution < -0.4 is 0 Å². The van der Waals surface area contributed by atoms with Gasteiger partial charge >= 0.3 is 0 Å². The van der Waals surface area contributed by atoms with Crippen LogP contribution in [0.2, 0.25) is 0 Å². The Morgan fingerprint density at radius 2 is 2.41 bits per heavy atom. The predicted molar refractivity (Wildman–Crippen MR) is 70.0 cm³/mol. The van der Waals surface area contributed by atoms with E-state index in [1.54, 1.807) is 7.11 Å². The smallest absolute Gasteiger partial charge is 0.253 e. The number of hydrogen-bond donors (Lipinski definition) is 0. The van der Waals surface area contributed by atoms with Crippen LogP contribution in [-0.2, 0) is 4.74 Å². The fourth-order valence-corrected chi connectivity index (χ4v) is 2.59. The minimum atomic E-state index is 0.116. The van der Waals surface area contributed by atoms with E-state index >= 15 is 0 Å². The SMILES string of the molecule is COCC1CCN(C(=O)c2cccc(Br)c2)C1. The van der Waals surface area contributed by atoms with Crippen LogP contribution in [0.3, 0.4) is 0 Å². The number of ether oxygens (including phenoxy) is 1. The summed E-state index contributed by atoms with van der Waals surface area (Å²) in [7, 11) is 1.71. The quantitative estimate of drug-likeness (QED) is 0.858. The van der Waals surface area contributed by atoms with E-state index in [4.69, 9.17) is 4.74 Å². The van der Waals surface area contributed by atoms with Gasteiger partial charge in [-0.15, -0.1) is 0 Å². The summed E-state index contributed by atoms with van der Waals surface area (Å²) in [5, 5.41) is 0. The molecule has 1 aliphatic heterocycles. The average molecular weight is 298 g/mol. The first-order chi connectivity index (χ1) is 8.20. The Bertz CT molecular complexity index is 408. The number of rotatable bonds is 3. The van der Waals surface area contributed by atoms with Gasteiger partial charge in [0, 0.05) is 36.2 Å². The van der Waals surface area contributed by atoms with E-state index in [1.165, 1.54) is 0 Å². The van der Waals surface area contributed by atoms with E-state index in [2.05, 4.69) is 15.9 Å². The van der Waals surface area contributed by atoms with Gasteiger partial charge in [0.25, 0.3) is 5.91 Å². The van der Waals surface area contributed by atoms with Crippen molar-refractivity contribution in [1.29, 1.82) is 0 Å². The van der Waals surface area contributed by atoms with Crippen LogP contribution in [0, 0.1) is 5.92 Å². The number of carbonyl (C=O) groups is 1. The summed E-state index contributed by atoms with van der Waals surface area (Å²) in [6.45, 7) is 2.38. The lowest BCUT2D eigenvalue weighted by Crippen LogP contribution is -2.29. The molecule has 1 fully saturated rings. The van der Waals surface area contributed by atoms with E-state index in [0.717, 1.165) is 36.2 Å². The Labute approximate surface area is 110 Å². The first kappa shape index (κ1) is 12.6. The molecule has 1 aliphatic rings. The van der Waals surface area contributed by atoms with Gasteiger partial charge in [0.15, 0.2) is 0 Å². The van der Waals surface area contributed by atoms with Crippen LogP contribution >= 0.6 is 15.9 Å². The van der Waals surface area contributed by atoms with Gasteiger partial charge in [-0.25, -0.2) is 0 Å². The summed E-state index contributed by atoms with van der Waals surface area (Å²) in [6.07, 6.45) is 1.04. The van der Waals surface area contributed by atoms with Gasteiger partial charge in [0.2, 0.25) is 0 Å². The third-order valence-electron chi connectivity index (χ3n) is 3.05. The molecule has 4 heteroatoms. The van der Waals surface area contributed by atoms with Gasteiger partial charge in [0.05, 0.1) is 6.61 Å². The number of benzene rings is 1. The van der Waals surface area contributed by atoms with Crippen molar-refractivity contribution < 1.29 is 9.53 Å². The Hall–Kier alpha value is -0.870. The van der Waals surface area contributed by atoms with Crippen molar-refractivity contribution in [2.45, 2.75) is 6.42 Å². The lowest BCUT2D eigenvalue weighted by molar-refractivity contribution is 0.0775. The van der Waals surface area contributed by atoms with Gasteiger partial charge in [-0.1, -0.05) is 22.0 Å². The first-order valence-electron chi connectivity index (χ1n) is 5.74. The molecule has 0 radical (unpaired) electrons. The van der Waals surface area contributed by atoms with Crippen molar-refractivity contribution >= 4 is 21.8 Å². The minimum absolute atomic E-state index is 0.116. The van der Waals surface area contributed by atoms with Crippen LogP contribution in [0.5, 0.6) is 0 Å². The van der Waals surface area contributed by atoms with Crippen LogP contribution in [-0.4, -0.2) is 37.6 Å². The van der Waals surface area contributed by atoms with Gasteiger partial charge in [0.1, 0.15) is 0 Å². The number of halogens is 1. The molecule has 3 nitrogen and oxygen atoms in total. The third kappa shape index (κ3) is 3.07. The maximum atomic E-state index is 12.2. The maximum absolute atomic E-state index is 12.2. The topological polar surface area (TPSA) is 29.5 Å². The molecule has 92 valence electrons. The molecule has 2 rings (SSSR count). The molecule has 0 spiro atoms. The highest BCUT2D eigenvalue weighted by molar-refractivity contribution is 9.10. The van der Waals surface area contributed by atoms with Crippen molar-refractivity contribution in [1.82, 2.24) is 4.90 Å². The van der Waals surface area contributed by atoms with Crippen molar-refractivity contribution in [3.8, 4) is 0 Å². The largest absolute Gasteiger partial charge is 0.384 e. The Kier molecular flexibility index (Phi) is 4.18. The van der Waals surface area contributed by atoms with Gasteiger partial charge in [-0.3, -0.25) is 4.79 Å². The highest BCUT2D eigenvalue weighted by Crippen LogP contribution is 2.20. The van der Waals surface area contributed by atoms with Crippen LogP contribution in [0.25, 0.3) is 0 Å². The van der Waals surface area contributed by atoms with Crippen LogP contribution in [0.1, 0.15) is 16.8 Å². The highest BCUT2D eigenvalue weighted by atomic mass is 79.9. The molecule has 1 unspecified atom stereocenters. The second-order valence-electron chi connectivity index (χ2n) is 4.37. The van der Waals surface area contributed by atoms with Crippen molar-refractivity contribution in [2.75, 3.05) is 26.8 Å². The number of nitrogens with zero attached hydrogens (tertiary/aromatic N) is 1. The van der Waals surface area contributed by atoms with E-state index in [0.29, 0.717) is 5.92 Å². The average Bonchev–Trinajstić information content (AvgIpc) is 2.77. The number of carbonyl (C=O) groups excluding carboxylic acids is 1. The number of methoxy groups -OCH3 is 1. The van der Waals surface area contributed by atoms with Gasteiger partial charge < -0.3 is 9.64 Å². The fraction of sp³-hybridized carbons (Fsp3) is 0.462. The second kappa shape index (κ2) is 5.65. The fourth-order valence-electron chi connectivity index (χ4n) is 2.19.